The second kappa shape index (κ2) is 6.09. The van der Waals surface area contributed by atoms with Crippen LogP contribution in [0.15, 0.2) is 42.5 Å². The highest BCUT2D eigenvalue weighted by atomic mass is 16.5. The Bertz CT molecular complexity index is 810. The monoisotopic (exact) mass is 322 g/mol. The Morgan fingerprint density at radius 2 is 1.79 bits per heavy atom. The molecule has 5 heteroatoms. The number of fused-ring (bicyclic) bond motifs is 1. The van der Waals surface area contributed by atoms with Crippen LogP contribution in [0, 0.1) is 0 Å². The van der Waals surface area contributed by atoms with Crippen molar-refractivity contribution in [1.82, 2.24) is 4.90 Å². The molecule has 0 spiro atoms. The second-order valence-electron chi connectivity index (χ2n) is 6.10. The maximum Gasteiger partial charge on any atom is 0.255 e. The van der Waals surface area contributed by atoms with Crippen molar-refractivity contribution in [2.75, 3.05) is 31.6 Å². The molecule has 2 aromatic carbocycles. The average molecular weight is 322 g/mol. The van der Waals surface area contributed by atoms with Crippen LogP contribution >= 0.6 is 0 Å². The van der Waals surface area contributed by atoms with E-state index in [0.29, 0.717) is 43.1 Å². The van der Waals surface area contributed by atoms with Crippen LogP contribution in [0.2, 0.25) is 0 Å². The van der Waals surface area contributed by atoms with Crippen LogP contribution in [0.1, 0.15) is 31.8 Å². The Kier molecular flexibility index (Phi) is 3.78. The van der Waals surface area contributed by atoms with Gasteiger partial charge in [-0.15, -0.1) is 0 Å². The molecule has 0 unspecified atom stereocenters. The molecule has 2 aliphatic rings. The van der Waals surface area contributed by atoms with Crippen LogP contribution in [-0.2, 0) is 11.2 Å². The predicted octanol–water partition coefficient (Wildman–Crippen LogP) is 2.32. The minimum absolute atomic E-state index is 0.0287. The number of amides is 2. The lowest BCUT2D eigenvalue weighted by Crippen LogP contribution is -2.40. The molecule has 0 bridgehead atoms. The summed E-state index contributed by atoms with van der Waals surface area (Å²) in [7, 11) is 0. The smallest absolute Gasteiger partial charge is 0.255 e. The number of carbonyl (C=O) groups is 2. The van der Waals surface area contributed by atoms with Gasteiger partial charge in [-0.05, 0) is 47.9 Å². The fourth-order valence-corrected chi connectivity index (χ4v) is 2.92. The van der Waals surface area contributed by atoms with Crippen molar-refractivity contribution in [3.63, 3.8) is 0 Å². The number of hydrogen-bond acceptors (Lipinski definition) is 3. The first-order valence-corrected chi connectivity index (χ1v) is 8.11. The normalized spacial score (nSPS) is 15.6. The van der Waals surface area contributed by atoms with Crippen molar-refractivity contribution in [2.45, 2.75) is 6.42 Å². The number of nitrogens with zero attached hydrogens (tertiary/aromatic N) is 1. The molecule has 1 heterocycles. The third-order valence-electron chi connectivity index (χ3n) is 4.39. The molecule has 0 saturated carbocycles. The number of hydrogen-bond donors (Lipinski definition) is 1. The van der Waals surface area contributed by atoms with E-state index in [1.807, 2.05) is 18.2 Å². The van der Waals surface area contributed by atoms with Crippen molar-refractivity contribution in [1.29, 1.82) is 0 Å². The molecule has 122 valence electrons. The van der Waals surface area contributed by atoms with Gasteiger partial charge in [0.15, 0.2) is 0 Å². The van der Waals surface area contributed by atoms with E-state index in [9.17, 15) is 9.59 Å². The van der Waals surface area contributed by atoms with E-state index in [4.69, 9.17) is 4.74 Å². The molecule has 24 heavy (non-hydrogen) atoms. The number of ether oxygens (including phenoxy) is 1. The highest BCUT2D eigenvalue weighted by Crippen LogP contribution is 2.28. The number of benzene rings is 2. The van der Waals surface area contributed by atoms with Crippen molar-refractivity contribution in [2.24, 2.45) is 0 Å². The molecular formula is C19H18N2O3. The summed E-state index contributed by atoms with van der Waals surface area (Å²) in [5, 5.41) is 2.87. The molecule has 0 atom stereocenters. The van der Waals surface area contributed by atoms with Gasteiger partial charge in [-0.1, -0.05) is 12.1 Å². The van der Waals surface area contributed by atoms with E-state index in [0.717, 1.165) is 6.42 Å². The van der Waals surface area contributed by atoms with Gasteiger partial charge in [0.25, 0.3) is 11.8 Å². The van der Waals surface area contributed by atoms with Crippen molar-refractivity contribution in [3.8, 4) is 0 Å². The van der Waals surface area contributed by atoms with E-state index in [2.05, 4.69) is 5.32 Å². The standard InChI is InChI=1S/C19H18N2O3/c22-18(14-5-4-13-10-16(13)11-14)20-17-3-1-2-15(12-17)19(23)21-6-8-24-9-7-21/h1-5,11-12H,6-10H2,(H,20,22). The van der Waals surface area contributed by atoms with Crippen LogP contribution < -0.4 is 5.32 Å². The van der Waals surface area contributed by atoms with E-state index < -0.39 is 0 Å². The number of rotatable bonds is 3. The summed E-state index contributed by atoms with van der Waals surface area (Å²) in [5.41, 5.74) is 4.40. The summed E-state index contributed by atoms with van der Waals surface area (Å²) in [5.74, 6) is -0.181. The quantitative estimate of drug-likeness (QED) is 0.805. The fraction of sp³-hybridized carbons (Fsp3) is 0.263. The predicted molar refractivity (Wildman–Crippen MR) is 90.4 cm³/mol. The van der Waals surface area contributed by atoms with Gasteiger partial charge in [0.05, 0.1) is 13.2 Å². The van der Waals surface area contributed by atoms with E-state index in [1.165, 1.54) is 11.1 Å². The van der Waals surface area contributed by atoms with Gasteiger partial charge < -0.3 is 15.0 Å². The Hall–Kier alpha value is -2.66. The van der Waals surface area contributed by atoms with Gasteiger partial charge in [0, 0.05) is 29.9 Å². The average Bonchev–Trinajstić information content (AvgIpc) is 3.41. The van der Waals surface area contributed by atoms with Crippen molar-refractivity contribution < 1.29 is 14.3 Å². The van der Waals surface area contributed by atoms with E-state index in [-0.39, 0.29) is 11.8 Å². The van der Waals surface area contributed by atoms with Gasteiger partial charge in [0.1, 0.15) is 0 Å². The number of nitrogens with one attached hydrogen (secondary N) is 1. The Morgan fingerprint density at radius 1 is 0.958 bits per heavy atom. The van der Waals surface area contributed by atoms with Gasteiger partial charge in [-0.25, -0.2) is 0 Å². The summed E-state index contributed by atoms with van der Waals surface area (Å²) in [6, 6.07) is 12.8. The Morgan fingerprint density at radius 3 is 2.58 bits per heavy atom. The Balaban J connectivity index is 1.48. The minimum Gasteiger partial charge on any atom is -0.378 e. The Labute approximate surface area is 140 Å². The summed E-state index contributed by atoms with van der Waals surface area (Å²) >= 11 is 0. The van der Waals surface area contributed by atoms with E-state index in [1.54, 1.807) is 29.2 Å². The zero-order chi connectivity index (χ0) is 16.5. The molecule has 2 amide bonds. The van der Waals surface area contributed by atoms with Gasteiger partial charge in [-0.2, -0.15) is 0 Å². The first-order valence-electron chi connectivity index (χ1n) is 8.11. The molecule has 1 fully saturated rings. The van der Waals surface area contributed by atoms with Gasteiger partial charge in [0.2, 0.25) is 0 Å². The molecule has 5 nitrogen and oxygen atoms in total. The van der Waals surface area contributed by atoms with Crippen LogP contribution in [0.5, 0.6) is 0 Å². The second-order valence-corrected chi connectivity index (χ2v) is 6.10. The zero-order valence-corrected chi connectivity index (χ0v) is 13.2. The molecule has 4 rings (SSSR count). The minimum atomic E-state index is -0.152. The third kappa shape index (κ3) is 3.03. The summed E-state index contributed by atoms with van der Waals surface area (Å²) < 4.78 is 5.27. The molecular weight excluding hydrogens is 304 g/mol. The third-order valence-corrected chi connectivity index (χ3v) is 4.39. The van der Waals surface area contributed by atoms with Crippen molar-refractivity contribution >= 4 is 17.5 Å². The maximum absolute atomic E-state index is 12.5. The molecule has 0 aromatic heterocycles. The fourth-order valence-electron chi connectivity index (χ4n) is 2.92. The SMILES string of the molecule is O=C(Nc1cccc(C(=O)N2CCOCC2)c1)c1ccc2c(c1)C2. The zero-order valence-electron chi connectivity index (χ0n) is 13.2. The van der Waals surface area contributed by atoms with Gasteiger partial charge in [-0.3, -0.25) is 9.59 Å². The molecule has 0 radical (unpaired) electrons. The van der Waals surface area contributed by atoms with Crippen molar-refractivity contribution in [3.05, 3.63) is 64.7 Å². The topological polar surface area (TPSA) is 58.6 Å². The maximum atomic E-state index is 12.5. The first kappa shape index (κ1) is 14.9. The van der Waals surface area contributed by atoms with Crippen LogP contribution in [-0.4, -0.2) is 43.0 Å². The number of carbonyl (C=O) groups excluding carboxylic acids is 2. The van der Waals surface area contributed by atoms with Crippen LogP contribution in [0.4, 0.5) is 5.69 Å². The molecule has 1 aliphatic heterocycles. The largest absolute Gasteiger partial charge is 0.378 e. The number of morpholine rings is 1. The van der Waals surface area contributed by atoms with Gasteiger partial charge >= 0.3 is 0 Å². The first-order chi connectivity index (χ1) is 11.7. The molecule has 2 aromatic rings. The summed E-state index contributed by atoms with van der Waals surface area (Å²) in [6.07, 6.45) is 0.983. The molecule has 1 N–H and O–H groups in total. The highest BCUT2D eigenvalue weighted by molar-refractivity contribution is 6.05. The summed E-state index contributed by atoms with van der Waals surface area (Å²) in [4.78, 5) is 26.6. The number of anilines is 1. The molecule has 1 saturated heterocycles. The highest BCUT2D eigenvalue weighted by Gasteiger charge is 2.20. The lowest BCUT2D eigenvalue weighted by molar-refractivity contribution is 0.0303. The van der Waals surface area contributed by atoms with Crippen LogP contribution in [0.3, 0.4) is 0 Å². The van der Waals surface area contributed by atoms with Crippen LogP contribution in [0.25, 0.3) is 0 Å². The summed E-state index contributed by atoms with van der Waals surface area (Å²) in [6.45, 7) is 2.34. The lowest BCUT2D eigenvalue weighted by atomic mass is 10.1. The molecule has 1 aliphatic carbocycles. The lowest BCUT2D eigenvalue weighted by Gasteiger charge is -2.27. The van der Waals surface area contributed by atoms with E-state index >= 15 is 0 Å².